The molecule has 1 saturated heterocycles. The maximum atomic E-state index is 12.8. The zero-order chi connectivity index (χ0) is 21.7. The molecule has 0 aliphatic carbocycles. The minimum absolute atomic E-state index is 0.0168. The Hall–Kier alpha value is -2.73. The number of carbonyl (C=O) groups excluding carboxylic acids is 1. The van der Waals surface area contributed by atoms with E-state index in [-0.39, 0.29) is 34.1 Å². The summed E-state index contributed by atoms with van der Waals surface area (Å²) < 4.78 is 28.4. The van der Waals surface area contributed by atoms with E-state index in [0.717, 1.165) is 31.5 Å². The first kappa shape index (κ1) is 22.0. The SMILES string of the molecule is [C-]#[N+]c1cc(S(=O)(=O)N[C@H](C)C2CCNCC2)ccc1NC(=O)c1ccccc1C. The maximum Gasteiger partial charge on any atom is 0.254 e. The lowest BCUT2D eigenvalue weighted by Crippen LogP contribution is -2.42. The van der Waals surface area contributed by atoms with Gasteiger partial charge in [0.2, 0.25) is 15.7 Å². The molecule has 1 aliphatic heterocycles. The van der Waals surface area contributed by atoms with Crippen molar-refractivity contribution in [3.8, 4) is 0 Å². The number of amides is 1. The van der Waals surface area contributed by atoms with Crippen molar-refractivity contribution in [1.29, 1.82) is 0 Å². The number of aryl methyl sites for hydroxylation is 1. The molecule has 1 amide bonds. The fraction of sp³-hybridized carbons (Fsp3) is 0.364. The van der Waals surface area contributed by atoms with Crippen molar-refractivity contribution in [3.05, 3.63) is 65.0 Å². The number of piperidine rings is 1. The molecule has 1 heterocycles. The van der Waals surface area contributed by atoms with E-state index in [1.807, 2.05) is 26.0 Å². The van der Waals surface area contributed by atoms with Crippen LogP contribution in [-0.4, -0.2) is 33.5 Å². The summed E-state index contributed by atoms with van der Waals surface area (Å²) in [5.74, 6) is -0.0692. The number of hydrogen-bond acceptors (Lipinski definition) is 4. The molecule has 0 radical (unpaired) electrons. The molecule has 2 aromatic carbocycles. The molecular weight excluding hydrogens is 400 g/mol. The zero-order valence-electron chi connectivity index (χ0n) is 17.1. The van der Waals surface area contributed by atoms with Crippen LogP contribution in [0.2, 0.25) is 0 Å². The number of anilines is 1. The van der Waals surface area contributed by atoms with Crippen molar-refractivity contribution in [3.63, 3.8) is 0 Å². The van der Waals surface area contributed by atoms with E-state index in [2.05, 4.69) is 20.2 Å². The van der Waals surface area contributed by atoms with E-state index >= 15 is 0 Å². The smallest absolute Gasteiger partial charge is 0.254 e. The largest absolute Gasteiger partial charge is 0.331 e. The number of nitrogens with one attached hydrogen (secondary N) is 3. The summed E-state index contributed by atoms with van der Waals surface area (Å²) in [5, 5.41) is 5.99. The Bertz CT molecular complexity index is 1070. The summed E-state index contributed by atoms with van der Waals surface area (Å²) in [6, 6.07) is 11.1. The van der Waals surface area contributed by atoms with Gasteiger partial charge in [-0.15, -0.1) is 0 Å². The van der Waals surface area contributed by atoms with Gasteiger partial charge in [0.1, 0.15) is 0 Å². The first-order chi connectivity index (χ1) is 14.3. The Morgan fingerprint density at radius 3 is 2.57 bits per heavy atom. The van der Waals surface area contributed by atoms with Gasteiger partial charge in [0.25, 0.3) is 5.91 Å². The van der Waals surface area contributed by atoms with E-state index in [1.165, 1.54) is 18.2 Å². The molecule has 3 rings (SSSR count). The van der Waals surface area contributed by atoms with Crippen molar-refractivity contribution in [2.75, 3.05) is 18.4 Å². The van der Waals surface area contributed by atoms with Crippen LogP contribution in [0.15, 0.2) is 47.4 Å². The van der Waals surface area contributed by atoms with Crippen LogP contribution in [0.4, 0.5) is 11.4 Å². The van der Waals surface area contributed by atoms with Crippen LogP contribution in [0.25, 0.3) is 4.85 Å². The van der Waals surface area contributed by atoms with Crippen molar-refractivity contribution < 1.29 is 13.2 Å². The third kappa shape index (κ3) is 5.05. The summed E-state index contributed by atoms with van der Waals surface area (Å²) in [6.07, 6.45) is 1.84. The van der Waals surface area contributed by atoms with Crippen LogP contribution >= 0.6 is 0 Å². The standard InChI is InChI=1S/C22H26N4O3S/c1-15-6-4-5-7-19(15)22(27)25-20-9-8-18(14-21(20)23-3)30(28,29)26-16(2)17-10-12-24-13-11-17/h4-9,14,16-17,24,26H,10-13H2,1-2H3,(H,25,27)/t16-/m1/s1. The van der Waals surface area contributed by atoms with Gasteiger partial charge in [0.05, 0.1) is 11.5 Å². The summed E-state index contributed by atoms with van der Waals surface area (Å²) >= 11 is 0. The van der Waals surface area contributed by atoms with E-state index in [0.29, 0.717) is 5.56 Å². The van der Waals surface area contributed by atoms with E-state index in [9.17, 15) is 13.2 Å². The number of hydrogen-bond donors (Lipinski definition) is 3. The molecule has 0 unspecified atom stereocenters. The van der Waals surface area contributed by atoms with E-state index < -0.39 is 10.0 Å². The van der Waals surface area contributed by atoms with Gasteiger partial charge in [0.15, 0.2) is 0 Å². The average molecular weight is 427 g/mol. The molecule has 30 heavy (non-hydrogen) atoms. The highest BCUT2D eigenvalue weighted by Gasteiger charge is 2.25. The molecule has 1 fully saturated rings. The maximum absolute atomic E-state index is 12.8. The lowest BCUT2D eigenvalue weighted by molar-refractivity contribution is 0.102. The molecule has 8 heteroatoms. The van der Waals surface area contributed by atoms with Crippen LogP contribution < -0.4 is 15.4 Å². The quantitative estimate of drug-likeness (QED) is 0.617. The molecule has 3 N–H and O–H groups in total. The highest BCUT2D eigenvalue weighted by atomic mass is 32.2. The van der Waals surface area contributed by atoms with Gasteiger partial charge in [-0.2, -0.15) is 0 Å². The zero-order valence-corrected chi connectivity index (χ0v) is 17.9. The van der Waals surface area contributed by atoms with Crippen molar-refractivity contribution in [2.45, 2.75) is 37.6 Å². The van der Waals surface area contributed by atoms with Gasteiger partial charge in [-0.3, -0.25) is 4.79 Å². The Kier molecular flexibility index (Phi) is 6.87. The third-order valence-corrected chi connectivity index (χ3v) is 7.03. The third-order valence-electron chi connectivity index (χ3n) is 5.47. The summed E-state index contributed by atoms with van der Waals surface area (Å²) in [7, 11) is -3.77. The predicted octanol–water partition coefficient (Wildman–Crippen LogP) is 3.46. The number of carbonyl (C=O) groups is 1. The monoisotopic (exact) mass is 426 g/mol. The summed E-state index contributed by atoms with van der Waals surface area (Å²) in [6.45, 7) is 12.9. The minimum atomic E-state index is -3.77. The van der Waals surface area contributed by atoms with Crippen LogP contribution in [0.1, 0.15) is 35.7 Å². The van der Waals surface area contributed by atoms with Crippen LogP contribution in [-0.2, 0) is 10.0 Å². The average Bonchev–Trinajstić information content (AvgIpc) is 2.74. The van der Waals surface area contributed by atoms with Crippen LogP contribution in [0.5, 0.6) is 0 Å². The Morgan fingerprint density at radius 2 is 1.90 bits per heavy atom. The highest BCUT2D eigenvalue weighted by molar-refractivity contribution is 7.89. The number of sulfonamides is 1. The molecule has 0 bridgehead atoms. The highest BCUT2D eigenvalue weighted by Crippen LogP contribution is 2.29. The minimum Gasteiger partial charge on any atom is -0.331 e. The Labute approximate surface area is 177 Å². The molecule has 7 nitrogen and oxygen atoms in total. The lowest BCUT2D eigenvalue weighted by atomic mass is 9.92. The first-order valence-corrected chi connectivity index (χ1v) is 11.4. The van der Waals surface area contributed by atoms with Crippen molar-refractivity contribution in [1.82, 2.24) is 10.0 Å². The number of benzene rings is 2. The normalized spacial score (nSPS) is 15.9. The van der Waals surface area contributed by atoms with Gasteiger partial charge in [-0.1, -0.05) is 18.2 Å². The van der Waals surface area contributed by atoms with Crippen LogP contribution in [0, 0.1) is 19.4 Å². The second-order valence-corrected chi connectivity index (χ2v) is 9.27. The summed E-state index contributed by atoms with van der Waals surface area (Å²) in [5.41, 5.74) is 1.68. The fourth-order valence-corrected chi connectivity index (χ4v) is 4.98. The Morgan fingerprint density at radius 1 is 1.20 bits per heavy atom. The molecule has 1 atom stereocenters. The molecule has 1 aliphatic rings. The molecule has 158 valence electrons. The van der Waals surface area contributed by atoms with Gasteiger partial charge in [-0.25, -0.2) is 18.0 Å². The molecule has 2 aromatic rings. The van der Waals surface area contributed by atoms with Gasteiger partial charge < -0.3 is 10.6 Å². The van der Waals surface area contributed by atoms with Gasteiger partial charge in [0, 0.05) is 17.3 Å². The van der Waals surface area contributed by atoms with Gasteiger partial charge >= 0.3 is 0 Å². The number of rotatable bonds is 6. The Balaban J connectivity index is 1.78. The van der Waals surface area contributed by atoms with E-state index in [4.69, 9.17) is 6.57 Å². The molecule has 0 spiro atoms. The molecule has 0 saturated carbocycles. The first-order valence-electron chi connectivity index (χ1n) is 9.93. The predicted molar refractivity (Wildman–Crippen MR) is 117 cm³/mol. The van der Waals surface area contributed by atoms with Crippen LogP contribution in [0.3, 0.4) is 0 Å². The molecular formula is C22H26N4O3S. The number of nitrogens with zero attached hydrogens (tertiary/aromatic N) is 1. The van der Waals surface area contributed by atoms with Crippen molar-refractivity contribution >= 4 is 27.3 Å². The topological polar surface area (TPSA) is 91.7 Å². The lowest BCUT2D eigenvalue weighted by Gasteiger charge is -2.28. The second-order valence-electron chi connectivity index (χ2n) is 7.56. The summed E-state index contributed by atoms with van der Waals surface area (Å²) in [4.78, 5) is 16.0. The van der Waals surface area contributed by atoms with Gasteiger partial charge in [-0.05, 0) is 75.5 Å². The van der Waals surface area contributed by atoms with E-state index in [1.54, 1.807) is 12.1 Å². The molecule has 0 aromatic heterocycles. The second kappa shape index (κ2) is 9.39. The van der Waals surface area contributed by atoms with Crippen molar-refractivity contribution in [2.24, 2.45) is 5.92 Å². The fourth-order valence-electron chi connectivity index (χ4n) is 3.65.